The predicted molar refractivity (Wildman–Crippen MR) is 93.6 cm³/mol. The van der Waals surface area contributed by atoms with Crippen LogP contribution < -0.4 is 10.2 Å². The third-order valence-corrected chi connectivity index (χ3v) is 3.55. The summed E-state index contributed by atoms with van der Waals surface area (Å²) in [7, 11) is 1.66. The SMILES string of the molecule is C=CC(C)(C)/C(=N\Nc1ccccc1)c1ccc(OC)cc1. The van der Waals surface area contributed by atoms with Gasteiger partial charge in [-0.3, -0.25) is 5.43 Å². The van der Waals surface area contributed by atoms with Crippen LogP contribution >= 0.6 is 0 Å². The van der Waals surface area contributed by atoms with Crippen LogP contribution in [0.2, 0.25) is 0 Å². The minimum absolute atomic E-state index is 0.254. The van der Waals surface area contributed by atoms with E-state index in [1.807, 2.05) is 60.7 Å². The Morgan fingerprint density at radius 3 is 2.27 bits per heavy atom. The van der Waals surface area contributed by atoms with Crippen LogP contribution in [0.3, 0.4) is 0 Å². The molecule has 2 rings (SSSR count). The monoisotopic (exact) mass is 294 g/mol. The van der Waals surface area contributed by atoms with Crippen molar-refractivity contribution in [2.24, 2.45) is 10.5 Å². The highest BCUT2D eigenvalue weighted by Crippen LogP contribution is 2.25. The van der Waals surface area contributed by atoms with E-state index < -0.39 is 0 Å². The molecule has 0 saturated heterocycles. The Morgan fingerprint density at radius 2 is 1.73 bits per heavy atom. The summed E-state index contributed by atoms with van der Waals surface area (Å²) in [6.45, 7) is 8.12. The van der Waals surface area contributed by atoms with E-state index in [1.165, 1.54) is 0 Å². The lowest BCUT2D eigenvalue weighted by atomic mass is 9.83. The molecule has 0 bridgehead atoms. The lowest BCUT2D eigenvalue weighted by Crippen LogP contribution is -2.24. The zero-order valence-electron chi connectivity index (χ0n) is 13.3. The lowest BCUT2D eigenvalue weighted by molar-refractivity contribution is 0.415. The first-order chi connectivity index (χ1) is 10.6. The van der Waals surface area contributed by atoms with Crippen molar-refractivity contribution in [3.8, 4) is 5.75 Å². The first-order valence-corrected chi connectivity index (χ1v) is 7.24. The second-order valence-corrected chi connectivity index (χ2v) is 5.59. The standard InChI is InChI=1S/C19H22N2O/c1-5-19(2,3)18(15-11-13-17(22-4)14-12-15)21-20-16-9-7-6-8-10-16/h5-14,20H,1H2,2-4H3/b21-18-. The molecule has 3 heteroatoms. The summed E-state index contributed by atoms with van der Waals surface area (Å²) in [6.07, 6.45) is 1.91. The molecule has 0 saturated carbocycles. The van der Waals surface area contributed by atoms with Crippen molar-refractivity contribution in [1.82, 2.24) is 0 Å². The molecule has 0 spiro atoms. The molecule has 0 unspecified atom stereocenters. The Kier molecular flexibility index (Phi) is 4.99. The quantitative estimate of drug-likeness (QED) is 0.475. The van der Waals surface area contributed by atoms with E-state index >= 15 is 0 Å². The molecule has 0 fully saturated rings. The predicted octanol–water partition coefficient (Wildman–Crippen LogP) is 4.72. The first-order valence-electron chi connectivity index (χ1n) is 7.24. The Balaban J connectivity index is 2.35. The van der Waals surface area contributed by atoms with Crippen LogP contribution in [-0.2, 0) is 0 Å². The third-order valence-electron chi connectivity index (χ3n) is 3.55. The fourth-order valence-corrected chi connectivity index (χ4v) is 2.06. The number of hydrogen-bond acceptors (Lipinski definition) is 3. The molecule has 0 radical (unpaired) electrons. The number of ether oxygens (including phenoxy) is 1. The number of benzene rings is 2. The summed E-state index contributed by atoms with van der Waals surface area (Å²) in [5.74, 6) is 0.829. The number of allylic oxidation sites excluding steroid dienone is 1. The first kappa shape index (κ1) is 15.8. The van der Waals surface area contributed by atoms with Gasteiger partial charge in [0.2, 0.25) is 0 Å². The summed E-state index contributed by atoms with van der Waals surface area (Å²) in [4.78, 5) is 0. The van der Waals surface area contributed by atoms with Crippen molar-refractivity contribution in [2.45, 2.75) is 13.8 Å². The number of hydrazone groups is 1. The highest BCUT2D eigenvalue weighted by molar-refractivity contribution is 6.05. The second-order valence-electron chi connectivity index (χ2n) is 5.59. The minimum atomic E-state index is -0.254. The molecular formula is C19H22N2O. The van der Waals surface area contributed by atoms with Crippen LogP contribution in [0.5, 0.6) is 5.75 Å². The van der Waals surface area contributed by atoms with Gasteiger partial charge in [0.1, 0.15) is 5.75 Å². The fourth-order valence-electron chi connectivity index (χ4n) is 2.06. The molecular weight excluding hydrogens is 272 g/mol. The maximum absolute atomic E-state index is 5.21. The van der Waals surface area contributed by atoms with Gasteiger partial charge in [0, 0.05) is 5.41 Å². The van der Waals surface area contributed by atoms with Gasteiger partial charge >= 0.3 is 0 Å². The average molecular weight is 294 g/mol. The van der Waals surface area contributed by atoms with Gasteiger partial charge in [0.15, 0.2) is 0 Å². The van der Waals surface area contributed by atoms with Crippen molar-refractivity contribution < 1.29 is 4.74 Å². The molecule has 22 heavy (non-hydrogen) atoms. The van der Waals surface area contributed by atoms with Gasteiger partial charge < -0.3 is 4.74 Å². The number of hydrogen-bond donors (Lipinski definition) is 1. The molecule has 1 N–H and O–H groups in total. The summed E-state index contributed by atoms with van der Waals surface area (Å²) < 4.78 is 5.21. The van der Waals surface area contributed by atoms with Gasteiger partial charge in [-0.05, 0) is 42.0 Å². The van der Waals surface area contributed by atoms with Crippen LogP contribution in [0.15, 0.2) is 72.4 Å². The summed E-state index contributed by atoms with van der Waals surface area (Å²) in [5.41, 5.74) is 5.78. The van der Waals surface area contributed by atoms with E-state index in [2.05, 4.69) is 31.0 Å². The fraction of sp³-hybridized carbons (Fsp3) is 0.211. The smallest absolute Gasteiger partial charge is 0.118 e. The molecule has 0 aliphatic rings. The maximum atomic E-state index is 5.21. The zero-order valence-corrected chi connectivity index (χ0v) is 13.3. The number of anilines is 1. The van der Waals surface area contributed by atoms with Crippen LogP contribution in [0, 0.1) is 5.41 Å². The number of nitrogens with zero attached hydrogens (tertiary/aromatic N) is 1. The average Bonchev–Trinajstić information content (AvgIpc) is 2.56. The van der Waals surface area contributed by atoms with Crippen LogP contribution in [0.1, 0.15) is 19.4 Å². The number of nitrogens with one attached hydrogen (secondary N) is 1. The molecule has 0 aliphatic carbocycles. The molecule has 2 aromatic carbocycles. The minimum Gasteiger partial charge on any atom is -0.497 e. The molecule has 0 amide bonds. The van der Waals surface area contributed by atoms with Gasteiger partial charge in [-0.2, -0.15) is 5.10 Å². The van der Waals surface area contributed by atoms with Crippen LogP contribution in [-0.4, -0.2) is 12.8 Å². The van der Waals surface area contributed by atoms with Crippen molar-refractivity contribution in [3.05, 3.63) is 72.8 Å². The van der Waals surface area contributed by atoms with E-state index in [0.29, 0.717) is 0 Å². The largest absolute Gasteiger partial charge is 0.497 e. The molecule has 114 valence electrons. The Hall–Kier alpha value is -2.55. The van der Waals surface area contributed by atoms with E-state index in [1.54, 1.807) is 7.11 Å². The van der Waals surface area contributed by atoms with Gasteiger partial charge in [-0.15, -0.1) is 6.58 Å². The van der Waals surface area contributed by atoms with E-state index in [0.717, 1.165) is 22.7 Å². The summed E-state index contributed by atoms with van der Waals surface area (Å²) in [6, 6.07) is 17.8. The zero-order chi connectivity index (χ0) is 16.0. The van der Waals surface area contributed by atoms with E-state index in [-0.39, 0.29) is 5.41 Å². The molecule has 3 nitrogen and oxygen atoms in total. The van der Waals surface area contributed by atoms with Gasteiger partial charge in [-0.1, -0.05) is 38.1 Å². The van der Waals surface area contributed by atoms with Crippen molar-refractivity contribution >= 4 is 11.4 Å². The van der Waals surface area contributed by atoms with E-state index in [4.69, 9.17) is 4.74 Å². The van der Waals surface area contributed by atoms with Crippen molar-refractivity contribution in [2.75, 3.05) is 12.5 Å². The molecule has 0 aliphatic heterocycles. The maximum Gasteiger partial charge on any atom is 0.118 e. The van der Waals surface area contributed by atoms with Gasteiger partial charge in [0.05, 0.1) is 18.5 Å². The lowest BCUT2D eigenvalue weighted by Gasteiger charge is -2.23. The summed E-state index contributed by atoms with van der Waals surface area (Å²) >= 11 is 0. The Labute approximate surface area is 132 Å². The van der Waals surface area contributed by atoms with Gasteiger partial charge in [0.25, 0.3) is 0 Å². The molecule has 0 atom stereocenters. The second kappa shape index (κ2) is 6.94. The number of rotatable bonds is 6. The highest BCUT2D eigenvalue weighted by atomic mass is 16.5. The molecule has 2 aromatic rings. The Morgan fingerprint density at radius 1 is 1.09 bits per heavy atom. The third kappa shape index (κ3) is 3.76. The number of para-hydroxylation sites is 1. The number of methoxy groups -OCH3 is 1. The van der Waals surface area contributed by atoms with Crippen molar-refractivity contribution in [1.29, 1.82) is 0 Å². The highest BCUT2D eigenvalue weighted by Gasteiger charge is 2.23. The summed E-state index contributed by atoms with van der Waals surface area (Å²) in [5, 5.41) is 4.62. The van der Waals surface area contributed by atoms with Crippen LogP contribution in [0.25, 0.3) is 0 Å². The normalized spacial score (nSPS) is 11.9. The van der Waals surface area contributed by atoms with Gasteiger partial charge in [-0.25, -0.2) is 0 Å². The van der Waals surface area contributed by atoms with Crippen molar-refractivity contribution in [3.63, 3.8) is 0 Å². The molecule has 0 aromatic heterocycles. The van der Waals surface area contributed by atoms with E-state index in [9.17, 15) is 0 Å². The van der Waals surface area contributed by atoms with Crippen LogP contribution in [0.4, 0.5) is 5.69 Å². The Bertz CT molecular complexity index is 643. The topological polar surface area (TPSA) is 33.6 Å². The molecule has 0 heterocycles.